The topological polar surface area (TPSA) is 49.4 Å². The van der Waals surface area contributed by atoms with E-state index in [-0.39, 0.29) is 12.5 Å². The minimum absolute atomic E-state index is 0.182. The number of nitrogens with zero attached hydrogens (tertiary/aromatic N) is 1. The van der Waals surface area contributed by atoms with Gasteiger partial charge < -0.3 is 5.32 Å². The fraction of sp³-hybridized carbons (Fsp3) is 0.176. The van der Waals surface area contributed by atoms with Crippen LogP contribution in [0.15, 0.2) is 48.5 Å². The van der Waals surface area contributed by atoms with Gasteiger partial charge in [0.2, 0.25) is 0 Å². The summed E-state index contributed by atoms with van der Waals surface area (Å²) in [6, 6.07) is 13.6. The fourth-order valence-corrected chi connectivity index (χ4v) is 3.11. The molecule has 3 amide bonds. The molecule has 2 aromatic rings. The van der Waals surface area contributed by atoms with E-state index < -0.39 is 11.6 Å². The molecule has 1 aliphatic heterocycles. The number of halogens is 2. The SMILES string of the molecule is C[C@@]1(c2ccccc2Cl)NC(=O)N(Cc2ccc(Cl)cc2)C1=O. The number of imide groups is 1. The number of urea groups is 1. The molecule has 0 aromatic heterocycles. The smallest absolute Gasteiger partial charge is 0.319 e. The van der Waals surface area contributed by atoms with Crippen LogP contribution in [-0.4, -0.2) is 16.8 Å². The number of rotatable bonds is 3. The van der Waals surface area contributed by atoms with Gasteiger partial charge in [-0.1, -0.05) is 53.5 Å². The average molecular weight is 349 g/mol. The van der Waals surface area contributed by atoms with Crippen LogP contribution in [-0.2, 0) is 16.9 Å². The van der Waals surface area contributed by atoms with E-state index >= 15 is 0 Å². The zero-order valence-electron chi connectivity index (χ0n) is 12.3. The van der Waals surface area contributed by atoms with Crippen LogP contribution in [0, 0.1) is 0 Å². The summed E-state index contributed by atoms with van der Waals surface area (Å²) in [7, 11) is 0. The number of carbonyl (C=O) groups excluding carboxylic acids is 2. The van der Waals surface area contributed by atoms with Gasteiger partial charge >= 0.3 is 6.03 Å². The van der Waals surface area contributed by atoms with Crippen molar-refractivity contribution in [2.24, 2.45) is 0 Å². The number of carbonyl (C=O) groups is 2. The summed E-state index contributed by atoms with van der Waals surface area (Å²) in [5, 5.41) is 3.79. The number of hydrogen-bond donors (Lipinski definition) is 1. The molecule has 0 aliphatic carbocycles. The van der Waals surface area contributed by atoms with Crippen LogP contribution >= 0.6 is 23.2 Å². The van der Waals surface area contributed by atoms with Crippen molar-refractivity contribution in [1.29, 1.82) is 0 Å². The van der Waals surface area contributed by atoms with Gasteiger partial charge in [0.1, 0.15) is 5.54 Å². The molecular weight excluding hydrogens is 335 g/mol. The maximum absolute atomic E-state index is 12.8. The fourth-order valence-electron chi connectivity index (χ4n) is 2.66. The molecule has 0 saturated carbocycles. The van der Waals surface area contributed by atoms with Crippen LogP contribution in [0.4, 0.5) is 4.79 Å². The Bertz CT molecular complexity index is 776. The van der Waals surface area contributed by atoms with Crippen LogP contribution < -0.4 is 5.32 Å². The molecule has 1 aliphatic rings. The zero-order valence-corrected chi connectivity index (χ0v) is 13.9. The van der Waals surface area contributed by atoms with E-state index in [9.17, 15) is 9.59 Å². The van der Waals surface area contributed by atoms with E-state index in [0.29, 0.717) is 15.6 Å². The second kappa shape index (κ2) is 5.87. The van der Waals surface area contributed by atoms with E-state index in [1.54, 1.807) is 55.5 Å². The molecule has 1 atom stereocenters. The first-order valence-electron chi connectivity index (χ1n) is 7.05. The summed E-state index contributed by atoms with van der Waals surface area (Å²) in [4.78, 5) is 26.3. The summed E-state index contributed by atoms with van der Waals surface area (Å²) in [5.74, 6) is -0.328. The summed E-state index contributed by atoms with van der Waals surface area (Å²) < 4.78 is 0. The Morgan fingerprint density at radius 1 is 1.04 bits per heavy atom. The van der Waals surface area contributed by atoms with E-state index in [1.165, 1.54) is 4.90 Å². The van der Waals surface area contributed by atoms with Crippen molar-refractivity contribution in [3.05, 3.63) is 69.7 Å². The predicted molar refractivity (Wildman–Crippen MR) is 89.3 cm³/mol. The summed E-state index contributed by atoms with van der Waals surface area (Å²) in [6.07, 6.45) is 0. The second-order valence-electron chi connectivity index (χ2n) is 5.55. The first-order chi connectivity index (χ1) is 10.9. The molecule has 0 radical (unpaired) electrons. The van der Waals surface area contributed by atoms with Crippen molar-refractivity contribution in [2.45, 2.75) is 19.0 Å². The normalized spacial score (nSPS) is 20.7. The Balaban J connectivity index is 1.91. The van der Waals surface area contributed by atoms with E-state index in [4.69, 9.17) is 23.2 Å². The predicted octanol–water partition coefficient (Wildman–Crippen LogP) is 3.96. The van der Waals surface area contributed by atoms with Crippen molar-refractivity contribution in [3.63, 3.8) is 0 Å². The maximum atomic E-state index is 12.8. The molecule has 4 nitrogen and oxygen atoms in total. The van der Waals surface area contributed by atoms with Gasteiger partial charge in [0.05, 0.1) is 6.54 Å². The van der Waals surface area contributed by atoms with Crippen LogP contribution in [0.25, 0.3) is 0 Å². The third-order valence-electron chi connectivity index (χ3n) is 3.94. The Labute approximate surface area is 144 Å². The summed E-state index contributed by atoms with van der Waals surface area (Å²) in [5.41, 5.74) is 0.238. The first kappa shape index (κ1) is 15.8. The quantitative estimate of drug-likeness (QED) is 0.853. The molecule has 1 heterocycles. The van der Waals surface area contributed by atoms with Gasteiger partial charge in [-0.2, -0.15) is 0 Å². The average Bonchev–Trinajstić information content (AvgIpc) is 2.74. The summed E-state index contributed by atoms with van der Waals surface area (Å²) in [6.45, 7) is 1.85. The van der Waals surface area contributed by atoms with Gasteiger partial charge in [0.25, 0.3) is 5.91 Å². The van der Waals surface area contributed by atoms with Gasteiger partial charge in [0.15, 0.2) is 0 Å². The third-order valence-corrected chi connectivity index (χ3v) is 4.52. The molecule has 2 aromatic carbocycles. The van der Waals surface area contributed by atoms with Crippen LogP contribution in [0.5, 0.6) is 0 Å². The van der Waals surface area contributed by atoms with Crippen LogP contribution in [0.3, 0.4) is 0 Å². The molecule has 118 valence electrons. The van der Waals surface area contributed by atoms with E-state index in [0.717, 1.165) is 5.56 Å². The monoisotopic (exact) mass is 348 g/mol. The lowest BCUT2D eigenvalue weighted by atomic mass is 9.92. The molecule has 3 rings (SSSR count). The number of hydrogen-bond acceptors (Lipinski definition) is 2. The number of benzene rings is 2. The molecule has 0 bridgehead atoms. The first-order valence-corrected chi connectivity index (χ1v) is 7.81. The van der Waals surface area contributed by atoms with Crippen molar-refractivity contribution in [2.75, 3.05) is 0 Å². The number of amides is 3. The van der Waals surface area contributed by atoms with Crippen LogP contribution in [0.1, 0.15) is 18.1 Å². The number of nitrogens with one attached hydrogen (secondary N) is 1. The van der Waals surface area contributed by atoms with Crippen molar-refractivity contribution >= 4 is 35.1 Å². The molecule has 6 heteroatoms. The highest BCUT2D eigenvalue weighted by molar-refractivity contribution is 6.32. The van der Waals surface area contributed by atoms with Crippen molar-refractivity contribution < 1.29 is 9.59 Å². The highest BCUT2D eigenvalue weighted by Crippen LogP contribution is 2.34. The largest absolute Gasteiger partial charge is 0.325 e. The third kappa shape index (κ3) is 2.80. The lowest BCUT2D eigenvalue weighted by molar-refractivity contribution is -0.131. The Kier molecular flexibility index (Phi) is 4.04. The van der Waals surface area contributed by atoms with Gasteiger partial charge in [-0.05, 0) is 30.7 Å². The van der Waals surface area contributed by atoms with E-state index in [2.05, 4.69) is 5.32 Å². The zero-order chi connectivity index (χ0) is 16.6. The maximum Gasteiger partial charge on any atom is 0.325 e. The van der Waals surface area contributed by atoms with Gasteiger partial charge in [-0.3, -0.25) is 9.69 Å². The van der Waals surface area contributed by atoms with E-state index in [1.807, 2.05) is 0 Å². The molecule has 1 N–H and O–H groups in total. The Hall–Kier alpha value is -2.04. The molecule has 1 fully saturated rings. The standard InChI is InChI=1S/C17H14Cl2N2O2/c1-17(13-4-2-3-5-14(13)19)15(22)21(16(23)20-17)10-11-6-8-12(18)9-7-11/h2-9H,10H2,1H3,(H,20,23)/t17-/m0/s1. The minimum atomic E-state index is -1.16. The Morgan fingerprint density at radius 2 is 1.70 bits per heavy atom. The minimum Gasteiger partial charge on any atom is -0.319 e. The molecular formula is C17H14Cl2N2O2. The highest BCUT2D eigenvalue weighted by Gasteiger charge is 2.49. The second-order valence-corrected chi connectivity index (χ2v) is 6.40. The highest BCUT2D eigenvalue weighted by atomic mass is 35.5. The van der Waals surface area contributed by atoms with Crippen LogP contribution in [0.2, 0.25) is 10.0 Å². The molecule has 0 spiro atoms. The van der Waals surface area contributed by atoms with Gasteiger partial charge in [0, 0.05) is 15.6 Å². The Morgan fingerprint density at radius 3 is 2.35 bits per heavy atom. The lowest BCUT2D eigenvalue weighted by Gasteiger charge is -2.23. The molecule has 23 heavy (non-hydrogen) atoms. The van der Waals surface area contributed by atoms with Gasteiger partial charge in [-0.25, -0.2) is 4.79 Å². The van der Waals surface area contributed by atoms with Gasteiger partial charge in [-0.15, -0.1) is 0 Å². The van der Waals surface area contributed by atoms with Crippen molar-refractivity contribution in [3.8, 4) is 0 Å². The molecule has 0 unspecified atom stereocenters. The summed E-state index contributed by atoms with van der Waals surface area (Å²) >= 11 is 12.0. The van der Waals surface area contributed by atoms with Crippen molar-refractivity contribution in [1.82, 2.24) is 10.2 Å². The lowest BCUT2D eigenvalue weighted by Crippen LogP contribution is -2.41. The molecule has 1 saturated heterocycles.